The zero-order chi connectivity index (χ0) is 19.8. The lowest BCUT2D eigenvalue weighted by molar-refractivity contribution is -0.131. The Morgan fingerprint density at radius 3 is 1.44 bits per heavy atom. The van der Waals surface area contributed by atoms with Gasteiger partial charge in [-0.2, -0.15) is 0 Å². The molecule has 156 valence electrons. The highest BCUT2D eigenvalue weighted by atomic mass is 16.4. The molecule has 0 unspecified atom stereocenters. The van der Waals surface area contributed by atoms with E-state index < -0.39 is 5.97 Å². The quantitative estimate of drug-likeness (QED) is 0.131. The first-order valence-electron chi connectivity index (χ1n) is 11.5. The van der Waals surface area contributed by atoms with Crippen molar-refractivity contribution in [2.45, 2.75) is 116 Å². The molecule has 0 aromatic heterocycles. The smallest absolute Gasteiger partial charge is 0.328 e. The van der Waals surface area contributed by atoms with E-state index in [4.69, 9.17) is 5.11 Å². The van der Waals surface area contributed by atoms with Crippen molar-refractivity contribution in [1.29, 1.82) is 0 Å². The summed E-state index contributed by atoms with van der Waals surface area (Å²) in [6.45, 7) is 2.28. The van der Waals surface area contributed by atoms with E-state index in [1.54, 1.807) is 12.2 Å². The van der Waals surface area contributed by atoms with E-state index in [-0.39, 0.29) is 0 Å². The van der Waals surface area contributed by atoms with E-state index >= 15 is 0 Å². The molecule has 0 aliphatic carbocycles. The van der Waals surface area contributed by atoms with Crippen LogP contribution in [0.2, 0.25) is 0 Å². The topological polar surface area (TPSA) is 37.3 Å². The summed E-state index contributed by atoms with van der Waals surface area (Å²) in [6.07, 6.45) is 34.1. The predicted octanol–water partition coefficient (Wildman–Crippen LogP) is 8.39. The Kier molecular flexibility index (Phi) is 21.6. The highest BCUT2D eigenvalue weighted by Gasteiger charge is 1.94. The number of unbranched alkanes of at least 4 members (excludes halogenated alkanes) is 16. The molecule has 0 aliphatic heterocycles. The van der Waals surface area contributed by atoms with Crippen molar-refractivity contribution in [2.75, 3.05) is 0 Å². The number of rotatable bonds is 20. The minimum absolute atomic E-state index is 0.906. The minimum Gasteiger partial charge on any atom is -0.478 e. The number of hydrogen-bond donors (Lipinski definition) is 1. The standard InChI is InChI=1S/C25H44O2/c1-2-3-4-5-6-7-8-9-10-11-12-13-14-15-16-17-18-19-20-21-22-23-24-25(26)27/h19-24H,2-18H2,1H3,(H,26,27). The molecule has 0 aromatic rings. The lowest BCUT2D eigenvalue weighted by Gasteiger charge is -2.03. The van der Waals surface area contributed by atoms with Gasteiger partial charge in [0.15, 0.2) is 0 Å². The van der Waals surface area contributed by atoms with Crippen molar-refractivity contribution in [3.05, 3.63) is 36.5 Å². The third-order valence-corrected chi connectivity index (χ3v) is 4.93. The summed E-state index contributed by atoms with van der Waals surface area (Å²) in [5, 5.41) is 8.44. The van der Waals surface area contributed by atoms with E-state index in [0.29, 0.717) is 0 Å². The zero-order valence-corrected chi connectivity index (χ0v) is 17.8. The summed E-state index contributed by atoms with van der Waals surface area (Å²) >= 11 is 0. The van der Waals surface area contributed by atoms with Crippen LogP contribution in [0.5, 0.6) is 0 Å². The van der Waals surface area contributed by atoms with E-state index in [1.165, 1.54) is 103 Å². The maximum atomic E-state index is 10.3. The Bertz CT molecular complexity index is 393. The lowest BCUT2D eigenvalue weighted by atomic mass is 10.0. The Morgan fingerprint density at radius 2 is 1.00 bits per heavy atom. The maximum absolute atomic E-state index is 10.3. The van der Waals surface area contributed by atoms with Gasteiger partial charge in [-0.05, 0) is 12.8 Å². The maximum Gasteiger partial charge on any atom is 0.328 e. The molecule has 0 saturated heterocycles. The van der Waals surface area contributed by atoms with Crippen molar-refractivity contribution >= 4 is 5.97 Å². The van der Waals surface area contributed by atoms with Crippen molar-refractivity contribution in [3.8, 4) is 0 Å². The number of aliphatic carboxylic acids is 1. The fourth-order valence-electron chi connectivity index (χ4n) is 3.25. The molecule has 0 saturated carbocycles. The largest absolute Gasteiger partial charge is 0.478 e. The molecule has 27 heavy (non-hydrogen) atoms. The van der Waals surface area contributed by atoms with E-state index in [2.05, 4.69) is 13.0 Å². The van der Waals surface area contributed by atoms with Crippen LogP contribution < -0.4 is 0 Å². The van der Waals surface area contributed by atoms with Crippen molar-refractivity contribution in [3.63, 3.8) is 0 Å². The van der Waals surface area contributed by atoms with E-state index in [9.17, 15) is 4.79 Å². The molecule has 0 rings (SSSR count). The second-order valence-corrected chi connectivity index (χ2v) is 7.60. The van der Waals surface area contributed by atoms with Crippen LogP contribution in [0.1, 0.15) is 116 Å². The first-order chi connectivity index (χ1) is 13.3. The first kappa shape index (κ1) is 25.7. The van der Waals surface area contributed by atoms with Crippen LogP contribution in [-0.2, 0) is 4.79 Å². The van der Waals surface area contributed by atoms with Gasteiger partial charge in [-0.1, -0.05) is 134 Å². The van der Waals surface area contributed by atoms with Gasteiger partial charge in [0.2, 0.25) is 0 Å². The van der Waals surface area contributed by atoms with Gasteiger partial charge in [-0.15, -0.1) is 0 Å². The highest BCUT2D eigenvalue weighted by Crippen LogP contribution is 2.14. The van der Waals surface area contributed by atoms with Gasteiger partial charge < -0.3 is 5.11 Å². The molecule has 0 fully saturated rings. The number of carbonyl (C=O) groups is 1. The van der Waals surface area contributed by atoms with Crippen LogP contribution >= 0.6 is 0 Å². The molecule has 0 aliphatic rings. The monoisotopic (exact) mass is 376 g/mol. The van der Waals surface area contributed by atoms with Crippen LogP contribution in [0.25, 0.3) is 0 Å². The van der Waals surface area contributed by atoms with E-state index in [0.717, 1.165) is 12.5 Å². The summed E-state index contributed by atoms with van der Waals surface area (Å²) in [6, 6.07) is 0. The summed E-state index contributed by atoms with van der Waals surface area (Å²) in [7, 11) is 0. The number of carboxylic acids is 1. The predicted molar refractivity (Wildman–Crippen MR) is 119 cm³/mol. The van der Waals surface area contributed by atoms with Crippen LogP contribution in [0.3, 0.4) is 0 Å². The average Bonchev–Trinajstić information content (AvgIpc) is 2.65. The van der Waals surface area contributed by atoms with E-state index in [1.807, 2.05) is 12.2 Å². The fourth-order valence-corrected chi connectivity index (χ4v) is 3.25. The van der Waals surface area contributed by atoms with Crippen LogP contribution in [0, 0.1) is 0 Å². The second kappa shape index (κ2) is 22.7. The molecule has 0 bridgehead atoms. The van der Waals surface area contributed by atoms with Gasteiger partial charge >= 0.3 is 5.97 Å². The molecule has 0 atom stereocenters. The van der Waals surface area contributed by atoms with Crippen molar-refractivity contribution in [1.82, 2.24) is 0 Å². The molecular formula is C25H44O2. The fraction of sp³-hybridized carbons (Fsp3) is 0.720. The summed E-state index contributed by atoms with van der Waals surface area (Å²) in [4.78, 5) is 10.3. The van der Waals surface area contributed by atoms with Crippen LogP contribution in [-0.4, -0.2) is 11.1 Å². The average molecular weight is 377 g/mol. The Balaban J connectivity index is 3.15. The highest BCUT2D eigenvalue weighted by molar-refractivity contribution is 5.80. The van der Waals surface area contributed by atoms with Crippen molar-refractivity contribution in [2.24, 2.45) is 0 Å². The number of hydrogen-bond acceptors (Lipinski definition) is 1. The summed E-state index contributed by atoms with van der Waals surface area (Å²) in [5.41, 5.74) is 0. The lowest BCUT2D eigenvalue weighted by Crippen LogP contribution is -1.84. The Hall–Kier alpha value is -1.31. The van der Waals surface area contributed by atoms with Gasteiger partial charge in [0.25, 0.3) is 0 Å². The van der Waals surface area contributed by atoms with Gasteiger partial charge in [-0.25, -0.2) is 4.79 Å². The third-order valence-electron chi connectivity index (χ3n) is 4.93. The Morgan fingerprint density at radius 1 is 0.593 bits per heavy atom. The molecule has 0 heterocycles. The molecule has 0 radical (unpaired) electrons. The first-order valence-corrected chi connectivity index (χ1v) is 11.5. The number of carboxylic acid groups (broad SMARTS) is 1. The minimum atomic E-state index is -0.906. The molecule has 1 N–H and O–H groups in total. The molecule has 0 amide bonds. The van der Waals surface area contributed by atoms with Gasteiger partial charge in [-0.3, -0.25) is 0 Å². The molecular weight excluding hydrogens is 332 g/mol. The summed E-state index contributed by atoms with van der Waals surface area (Å²) < 4.78 is 0. The molecule has 2 heteroatoms. The van der Waals surface area contributed by atoms with Crippen LogP contribution in [0.4, 0.5) is 0 Å². The third kappa shape index (κ3) is 24.7. The molecule has 2 nitrogen and oxygen atoms in total. The molecule has 0 aromatic carbocycles. The SMILES string of the molecule is CCCCCCCCCCCCCCCCCCC=CC=CC=CC(=O)O. The molecule has 0 spiro atoms. The zero-order valence-electron chi connectivity index (χ0n) is 17.8. The number of allylic oxidation sites excluding steroid dienone is 5. The normalized spacial score (nSPS) is 12.0. The second-order valence-electron chi connectivity index (χ2n) is 7.60. The summed E-state index contributed by atoms with van der Waals surface area (Å²) in [5.74, 6) is -0.906. The van der Waals surface area contributed by atoms with Crippen molar-refractivity contribution < 1.29 is 9.90 Å². The van der Waals surface area contributed by atoms with Gasteiger partial charge in [0.05, 0.1) is 0 Å². The van der Waals surface area contributed by atoms with Crippen LogP contribution in [0.15, 0.2) is 36.5 Å². The van der Waals surface area contributed by atoms with Gasteiger partial charge in [0.1, 0.15) is 0 Å². The van der Waals surface area contributed by atoms with Gasteiger partial charge in [0, 0.05) is 6.08 Å². The Labute approximate surface area is 168 Å².